The molecule has 0 spiro atoms. The molecule has 1 aliphatic heterocycles. The molecule has 1 amide bonds. The van der Waals surface area contributed by atoms with E-state index in [9.17, 15) is 19.5 Å². The van der Waals surface area contributed by atoms with Gasteiger partial charge in [-0.3, -0.25) is 19.5 Å². The summed E-state index contributed by atoms with van der Waals surface area (Å²) in [6, 6.07) is 9.11. The van der Waals surface area contributed by atoms with Gasteiger partial charge in [0.15, 0.2) is 5.13 Å². The van der Waals surface area contributed by atoms with Gasteiger partial charge in [0.2, 0.25) is 0 Å². The number of hydrogen-bond acceptors (Lipinski definition) is 9. The average Bonchev–Trinajstić information content (AvgIpc) is 3.40. The number of ether oxygens (including phenoxy) is 2. The number of carbonyl (C=O) groups excluding carboxylic acids is 3. The lowest BCUT2D eigenvalue weighted by Crippen LogP contribution is -2.29. The van der Waals surface area contributed by atoms with Gasteiger partial charge in [0, 0.05) is 18.0 Å². The molecule has 0 saturated carbocycles. The van der Waals surface area contributed by atoms with Gasteiger partial charge in [-0.15, -0.1) is 0 Å². The number of thiazole rings is 1. The molecule has 10 heteroatoms. The highest BCUT2D eigenvalue weighted by atomic mass is 32.1. The Morgan fingerprint density at radius 3 is 2.72 bits per heavy atom. The molecule has 0 radical (unpaired) electrons. The molecule has 9 nitrogen and oxygen atoms in total. The quantitative estimate of drug-likeness (QED) is 0.156. The van der Waals surface area contributed by atoms with E-state index in [1.54, 1.807) is 49.5 Å². The van der Waals surface area contributed by atoms with E-state index in [2.05, 4.69) is 16.9 Å². The molecule has 1 saturated heterocycles. The van der Waals surface area contributed by atoms with E-state index < -0.39 is 23.7 Å². The summed E-state index contributed by atoms with van der Waals surface area (Å²) < 4.78 is 10.5. The molecule has 1 fully saturated rings. The molecule has 3 aromatic rings. The Hall–Kier alpha value is -4.05. The summed E-state index contributed by atoms with van der Waals surface area (Å²) in [7, 11) is 1.25. The van der Waals surface area contributed by atoms with Crippen molar-refractivity contribution in [2.24, 2.45) is 0 Å². The highest BCUT2D eigenvalue weighted by Crippen LogP contribution is 2.43. The van der Waals surface area contributed by atoms with Crippen molar-refractivity contribution in [3.05, 3.63) is 76.1 Å². The number of unbranched alkanes of at least 4 members (excludes halogenated alkanes) is 1. The van der Waals surface area contributed by atoms with Crippen LogP contribution >= 0.6 is 11.3 Å². The predicted molar refractivity (Wildman–Crippen MR) is 134 cm³/mol. The fraction of sp³-hybridized carbons (Fsp3) is 0.269. The number of aryl methyl sites for hydroxylation is 1. The van der Waals surface area contributed by atoms with Crippen molar-refractivity contribution in [3.8, 4) is 5.75 Å². The first-order valence-electron chi connectivity index (χ1n) is 11.4. The summed E-state index contributed by atoms with van der Waals surface area (Å²) in [4.78, 5) is 48.6. The van der Waals surface area contributed by atoms with Crippen LogP contribution in [0.3, 0.4) is 0 Å². The second-order valence-electron chi connectivity index (χ2n) is 8.09. The van der Waals surface area contributed by atoms with E-state index in [0.29, 0.717) is 29.2 Å². The van der Waals surface area contributed by atoms with Gasteiger partial charge in [-0.05, 0) is 37.1 Å². The number of aliphatic hydroxyl groups excluding tert-OH is 1. The van der Waals surface area contributed by atoms with Crippen LogP contribution in [0.1, 0.15) is 52.3 Å². The number of benzene rings is 1. The van der Waals surface area contributed by atoms with Crippen molar-refractivity contribution in [2.45, 2.75) is 32.7 Å². The maximum atomic E-state index is 13.3. The summed E-state index contributed by atoms with van der Waals surface area (Å²) in [5.41, 5.74) is 1.10. The molecule has 1 aliphatic rings. The van der Waals surface area contributed by atoms with E-state index in [1.807, 2.05) is 0 Å². The van der Waals surface area contributed by atoms with Gasteiger partial charge < -0.3 is 14.6 Å². The Morgan fingerprint density at radius 1 is 1.22 bits per heavy atom. The van der Waals surface area contributed by atoms with Gasteiger partial charge in [-0.25, -0.2) is 9.78 Å². The van der Waals surface area contributed by atoms with Crippen LogP contribution in [0.2, 0.25) is 0 Å². The highest BCUT2D eigenvalue weighted by molar-refractivity contribution is 7.17. The van der Waals surface area contributed by atoms with Crippen molar-refractivity contribution in [3.63, 3.8) is 0 Å². The lowest BCUT2D eigenvalue weighted by molar-refractivity contribution is -0.132. The van der Waals surface area contributed by atoms with E-state index in [-0.39, 0.29) is 21.3 Å². The van der Waals surface area contributed by atoms with Gasteiger partial charge in [0.05, 0.1) is 31.0 Å². The second kappa shape index (κ2) is 10.7. The monoisotopic (exact) mass is 507 g/mol. The Balaban J connectivity index is 1.84. The van der Waals surface area contributed by atoms with Crippen molar-refractivity contribution < 1.29 is 29.0 Å². The standard InChI is InChI=1S/C26H25N3O6S/c1-4-5-12-35-18-10-6-8-16(13-18)21(30)19-20(17-9-7-11-27-14-17)29(24(32)22(19)31)26-28-15(2)23(36-26)25(33)34-3/h6-11,13-14,20,30H,4-5,12H2,1-3H3. The first-order chi connectivity index (χ1) is 17.4. The van der Waals surface area contributed by atoms with Gasteiger partial charge >= 0.3 is 11.9 Å². The lowest BCUT2D eigenvalue weighted by Gasteiger charge is -2.22. The van der Waals surface area contributed by atoms with E-state index >= 15 is 0 Å². The number of anilines is 1. The van der Waals surface area contributed by atoms with Crippen LogP contribution in [-0.4, -0.2) is 46.5 Å². The van der Waals surface area contributed by atoms with Crippen LogP contribution in [0.25, 0.3) is 5.76 Å². The third-order valence-electron chi connectivity index (χ3n) is 5.68. The zero-order chi connectivity index (χ0) is 25.8. The number of ketones is 1. The minimum Gasteiger partial charge on any atom is -0.507 e. The molecule has 0 bridgehead atoms. The van der Waals surface area contributed by atoms with Crippen LogP contribution in [0.15, 0.2) is 54.4 Å². The SMILES string of the molecule is CCCCOc1cccc(C(O)=C2C(=O)C(=O)N(c3nc(C)c(C(=O)OC)s3)C2c2cccnc2)c1. The number of Topliss-reactive ketones (excluding diaryl/α,β-unsaturated/α-hetero) is 1. The molecule has 186 valence electrons. The van der Waals surface area contributed by atoms with E-state index in [1.165, 1.54) is 18.2 Å². The number of aliphatic hydroxyl groups is 1. The van der Waals surface area contributed by atoms with Crippen LogP contribution in [-0.2, 0) is 14.3 Å². The largest absolute Gasteiger partial charge is 0.507 e. The maximum absolute atomic E-state index is 13.3. The van der Waals surface area contributed by atoms with Crippen LogP contribution < -0.4 is 9.64 Å². The zero-order valence-electron chi connectivity index (χ0n) is 20.1. The third-order valence-corrected chi connectivity index (χ3v) is 6.82. The van der Waals surface area contributed by atoms with Gasteiger partial charge in [0.1, 0.15) is 16.4 Å². The topological polar surface area (TPSA) is 119 Å². The summed E-state index contributed by atoms with van der Waals surface area (Å²) in [5.74, 6) is -2.13. The minimum absolute atomic E-state index is 0.105. The smallest absolute Gasteiger partial charge is 0.350 e. The molecule has 36 heavy (non-hydrogen) atoms. The van der Waals surface area contributed by atoms with E-state index in [0.717, 1.165) is 24.2 Å². The Kier molecular flexibility index (Phi) is 7.44. The number of carbonyl (C=O) groups is 3. The Morgan fingerprint density at radius 2 is 2.03 bits per heavy atom. The lowest BCUT2D eigenvalue weighted by atomic mass is 9.96. The molecule has 2 aromatic heterocycles. The molecule has 1 N–H and O–H groups in total. The van der Waals surface area contributed by atoms with Gasteiger partial charge in [-0.1, -0.05) is 42.9 Å². The summed E-state index contributed by atoms with van der Waals surface area (Å²) >= 11 is 0.939. The number of hydrogen-bond donors (Lipinski definition) is 1. The van der Waals surface area contributed by atoms with Gasteiger partial charge in [0.25, 0.3) is 5.78 Å². The van der Waals surface area contributed by atoms with E-state index in [4.69, 9.17) is 9.47 Å². The maximum Gasteiger partial charge on any atom is 0.350 e. The Labute approximate surface area is 212 Å². The molecule has 3 heterocycles. The number of rotatable bonds is 8. The number of methoxy groups -OCH3 is 1. The molecule has 4 rings (SSSR count). The molecule has 1 atom stereocenters. The zero-order valence-corrected chi connectivity index (χ0v) is 20.9. The normalized spacial score (nSPS) is 16.9. The second-order valence-corrected chi connectivity index (χ2v) is 9.07. The molecular formula is C26H25N3O6S. The average molecular weight is 508 g/mol. The summed E-state index contributed by atoms with van der Waals surface area (Å²) in [6.45, 7) is 4.19. The van der Waals surface area contributed by atoms with Crippen LogP contribution in [0, 0.1) is 6.92 Å². The van der Waals surface area contributed by atoms with Crippen LogP contribution in [0.5, 0.6) is 5.75 Å². The van der Waals surface area contributed by atoms with Crippen molar-refractivity contribution in [1.82, 2.24) is 9.97 Å². The Bertz CT molecular complexity index is 1330. The number of amides is 1. The number of pyridine rings is 1. The number of aromatic nitrogens is 2. The van der Waals surface area contributed by atoms with Crippen LogP contribution in [0.4, 0.5) is 5.13 Å². The predicted octanol–water partition coefficient (Wildman–Crippen LogP) is 4.44. The first kappa shape index (κ1) is 25.1. The third kappa shape index (κ3) is 4.72. The minimum atomic E-state index is -1.00. The van der Waals surface area contributed by atoms with Crippen molar-refractivity contribution in [2.75, 3.05) is 18.6 Å². The summed E-state index contributed by atoms with van der Waals surface area (Å²) in [5, 5.41) is 11.4. The number of nitrogens with zero attached hydrogens (tertiary/aromatic N) is 3. The number of esters is 1. The van der Waals surface area contributed by atoms with Gasteiger partial charge in [-0.2, -0.15) is 0 Å². The van der Waals surface area contributed by atoms with Crippen molar-refractivity contribution >= 4 is 39.9 Å². The highest BCUT2D eigenvalue weighted by Gasteiger charge is 2.48. The van der Waals surface area contributed by atoms with Crippen molar-refractivity contribution in [1.29, 1.82) is 0 Å². The first-order valence-corrected chi connectivity index (χ1v) is 12.2. The molecule has 0 aliphatic carbocycles. The molecule has 1 unspecified atom stereocenters. The summed E-state index contributed by atoms with van der Waals surface area (Å²) in [6.07, 6.45) is 4.93. The fourth-order valence-corrected chi connectivity index (χ4v) is 4.89. The molecule has 1 aromatic carbocycles. The fourth-order valence-electron chi connectivity index (χ4n) is 3.87. The molecular weight excluding hydrogens is 482 g/mol.